The van der Waals surface area contributed by atoms with Gasteiger partial charge >= 0.3 is 0 Å². The van der Waals surface area contributed by atoms with Crippen molar-refractivity contribution in [2.45, 2.75) is 81.3 Å². The van der Waals surface area contributed by atoms with Gasteiger partial charge in [-0.2, -0.15) is 0 Å². The Kier molecular flexibility index (Phi) is 17.4. The topological polar surface area (TPSA) is 200 Å². The number of nitrogens with one attached hydrogen (secondary N) is 3. The summed E-state index contributed by atoms with van der Waals surface area (Å²) in [5.41, 5.74) is 6.50. The van der Waals surface area contributed by atoms with Gasteiger partial charge in [-0.1, -0.05) is 75.3 Å². The second kappa shape index (κ2) is 23.3. The van der Waals surface area contributed by atoms with Crippen LogP contribution in [0.15, 0.2) is 119 Å². The smallest absolute Gasteiger partial charge is 0.240 e. The molecular formula is C51H60N8O6S2. The fourth-order valence-electron chi connectivity index (χ4n) is 7.73. The molecule has 2 aromatic heterocycles. The van der Waals surface area contributed by atoms with Crippen molar-refractivity contribution in [1.29, 1.82) is 0 Å². The van der Waals surface area contributed by atoms with Gasteiger partial charge in [0.05, 0.1) is 26.4 Å². The van der Waals surface area contributed by atoms with Crippen LogP contribution in [0.2, 0.25) is 0 Å². The molecule has 1 saturated carbocycles. The predicted octanol–water partition coefficient (Wildman–Crippen LogP) is 9.93. The molecule has 1 saturated heterocycles. The number of anilines is 4. The van der Waals surface area contributed by atoms with E-state index in [-0.39, 0.29) is 29.1 Å². The number of nitrogens with zero attached hydrogens (tertiary/aromatic N) is 5. The van der Waals surface area contributed by atoms with Crippen molar-refractivity contribution >= 4 is 67.4 Å². The molecule has 0 radical (unpaired) electrons. The van der Waals surface area contributed by atoms with Crippen LogP contribution in [0.3, 0.4) is 0 Å². The lowest BCUT2D eigenvalue weighted by Crippen LogP contribution is -2.33. The van der Waals surface area contributed by atoms with E-state index in [9.17, 15) is 27.0 Å². The van der Waals surface area contributed by atoms with Gasteiger partial charge in [-0.25, -0.2) is 41.5 Å². The van der Waals surface area contributed by atoms with Gasteiger partial charge in [0.1, 0.15) is 11.5 Å². The molecule has 4 aromatic carbocycles. The van der Waals surface area contributed by atoms with E-state index >= 15 is 0 Å². The second-order valence-electron chi connectivity index (χ2n) is 16.4. The van der Waals surface area contributed by atoms with Crippen molar-refractivity contribution in [3.8, 4) is 11.5 Å². The Morgan fingerprint density at radius 2 is 1.10 bits per heavy atom. The molecule has 0 spiro atoms. The Balaban J connectivity index is 0.000000218. The molecule has 2 fully saturated rings. The average Bonchev–Trinajstić information content (AvgIpc) is 3.83. The van der Waals surface area contributed by atoms with Crippen molar-refractivity contribution in [3.63, 3.8) is 0 Å². The summed E-state index contributed by atoms with van der Waals surface area (Å²) in [6.45, 7) is 7.00. The van der Waals surface area contributed by atoms with Crippen molar-refractivity contribution < 1.29 is 27.0 Å². The molecule has 1 aliphatic heterocycles. The van der Waals surface area contributed by atoms with Crippen LogP contribution < -0.4 is 15.4 Å². The number of hydrogen-bond donors (Lipinski definition) is 5. The molecule has 67 heavy (non-hydrogen) atoms. The first-order valence-electron chi connectivity index (χ1n) is 22.1. The fraction of sp³-hybridized carbons (Fsp3) is 0.294. The van der Waals surface area contributed by atoms with Crippen LogP contribution in [-0.4, -0.2) is 83.3 Å². The highest BCUT2D eigenvalue weighted by atomic mass is 32.2. The predicted molar refractivity (Wildman–Crippen MR) is 269 cm³/mol. The Labute approximate surface area is 395 Å². The van der Waals surface area contributed by atoms with Crippen molar-refractivity contribution in [2.75, 3.05) is 36.8 Å². The first kappa shape index (κ1) is 50.0. The number of benzene rings is 4. The van der Waals surface area contributed by atoms with E-state index < -0.39 is 19.9 Å². The first-order chi connectivity index (χ1) is 31.8. The molecule has 2 aliphatic rings. The van der Waals surface area contributed by atoms with Gasteiger partial charge in [-0.3, -0.25) is 0 Å². The summed E-state index contributed by atoms with van der Waals surface area (Å²) in [6, 6.07) is 27.3. The van der Waals surface area contributed by atoms with Gasteiger partial charge in [0, 0.05) is 48.0 Å². The van der Waals surface area contributed by atoms with E-state index in [0.717, 1.165) is 91.1 Å². The number of sulfone groups is 1. The number of likely N-dealkylation sites (tertiary alicyclic amines) is 1. The fourth-order valence-corrected chi connectivity index (χ4v) is 10.6. The minimum Gasteiger partial charge on any atom is -0.508 e. The van der Waals surface area contributed by atoms with Crippen LogP contribution in [0.1, 0.15) is 86.0 Å². The molecule has 16 heteroatoms. The second-order valence-corrected chi connectivity index (χ2v) is 20.4. The summed E-state index contributed by atoms with van der Waals surface area (Å²) < 4.78 is 53.5. The van der Waals surface area contributed by atoms with E-state index in [0.29, 0.717) is 29.0 Å². The lowest BCUT2D eigenvalue weighted by Gasteiger charge is -2.21. The van der Waals surface area contributed by atoms with Crippen LogP contribution >= 0.6 is 0 Å². The van der Waals surface area contributed by atoms with Gasteiger partial charge < -0.3 is 25.7 Å². The quantitative estimate of drug-likeness (QED) is 0.0652. The van der Waals surface area contributed by atoms with E-state index in [1.54, 1.807) is 97.3 Å². The maximum atomic E-state index is 12.9. The molecule has 8 rings (SSSR count). The van der Waals surface area contributed by atoms with Crippen LogP contribution in [0.25, 0.3) is 24.3 Å². The van der Waals surface area contributed by atoms with Gasteiger partial charge in [-0.15, -0.1) is 0 Å². The van der Waals surface area contributed by atoms with Gasteiger partial charge in [0.25, 0.3) is 0 Å². The minimum atomic E-state index is -3.54. The van der Waals surface area contributed by atoms with Crippen molar-refractivity contribution in [1.82, 2.24) is 29.6 Å². The summed E-state index contributed by atoms with van der Waals surface area (Å²) in [4.78, 5) is 20.6. The Hall–Kier alpha value is -6.46. The standard InChI is InChI=1S/C25H29N5O3S.C25H27N3O3S.CH4/c1-19-21(8-7-20-5-4-6-23(31)17-20)18-26-25(28-19)29-22-9-11-24(12-10-22)34(32,33)27-13-16-30-14-2-3-15-30;1-18-20(11-10-19-6-5-7-22(29)16-19)17-26-25(27-18)28-21-12-14-24(15-13-21)32(30,31)23-8-3-2-4-9-23;/h4-12,17-18,27,31H,2-3,13-16H2,1H3,(H,26,28,29);5-7,10-17,23,29H,2-4,8-9H2,1H3,(H,26,27,28);1H4/b8-7+;11-10+;. The maximum absolute atomic E-state index is 12.9. The largest absolute Gasteiger partial charge is 0.508 e. The molecule has 0 amide bonds. The van der Waals surface area contributed by atoms with Gasteiger partial charge in [0.15, 0.2) is 9.84 Å². The highest BCUT2D eigenvalue weighted by molar-refractivity contribution is 7.92. The average molecular weight is 945 g/mol. The van der Waals surface area contributed by atoms with Crippen LogP contribution in [0, 0.1) is 13.8 Å². The third-order valence-corrected chi connectivity index (χ3v) is 15.2. The molecular weight excluding hydrogens is 885 g/mol. The number of sulfonamides is 1. The summed E-state index contributed by atoms with van der Waals surface area (Å²) in [7, 11) is -6.82. The van der Waals surface area contributed by atoms with Crippen LogP contribution in [0.5, 0.6) is 11.5 Å². The SMILES string of the molecule is C.Cc1nc(Nc2ccc(S(=O)(=O)C3CCCCC3)cc2)ncc1/C=C/c1cccc(O)c1.Cc1nc(Nc2ccc(S(=O)(=O)NCCN3CCCC3)cc2)ncc1/C=C/c1cccc(O)c1. The molecule has 14 nitrogen and oxygen atoms in total. The molecule has 352 valence electrons. The summed E-state index contributed by atoms with van der Waals surface area (Å²) in [5, 5.41) is 25.1. The number of aryl methyl sites for hydroxylation is 2. The summed E-state index contributed by atoms with van der Waals surface area (Å²) >= 11 is 0. The lowest BCUT2D eigenvalue weighted by atomic mass is 10.0. The Morgan fingerprint density at radius 1 is 0.627 bits per heavy atom. The Morgan fingerprint density at radius 3 is 1.57 bits per heavy atom. The maximum Gasteiger partial charge on any atom is 0.240 e. The number of phenolic OH excluding ortho intramolecular Hbond substituents is 2. The third kappa shape index (κ3) is 14.3. The lowest BCUT2D eigenvalue weighted by molar-refractivity contribution is 0.344. The number of phenols is 2. The van der Waals surface area contributed by atoms with Crippen molar-refractivity contribution in [3.05, 3.63) is 143 Å². The number of aromatic hydroxyl groups is 2. The monoisotopic (exact) mass is 944 g/mol. The van der Waals surface area contributed by atoms with Crippen LogP contribution in [0.4, 0.5) is 23.3 Å². The van der Waals surface area contributed by atoms with Crippen LogP contribution in [-0.2, 0) is 19.9 Å². The van der Waals surface area contributed by atoms with Gasteiger partial charge in [-0.05, 0) is 137 Å². The van der Waals surface area contributed by atoms with E-state index in [4.69, 9.17) is 0 Å². The van der Waals surface area contributed by atoms with Crippen molar-refractivity contribution in [2.24, 2.45) is 0 Å². The summed E-state index contributed by atoms with van der Waals surface area (Å²) in [6.07, 6.45) is 18.0. The summed E-state index contributed by atoms with van der Waals surface area (Å²) in [5.74, 6) is 1.30. The molecule has 0 bridgehead atoms. The zero-order chi connectivity index (χ0) is 46.5. The number of hydrogen-bond acceptors (Lipinski definition) is 13. The Bertz CT molecular complexity index is 2860. The molecule has 1 aliphatic carbocycles. The number of aromatic nitrogens is 4. The molecule has 0 unspecified atom stereocenters. The highest BCUT2D eigenvalue weighted by Gasteiger charge is 2.28. The zero-order valence-corrected chi connectivity index (χ0v) is 38.8. The van der Waals surface area contributed by atoms with Gasteiger partial charge in [0.2, 0.25) is 21.9 Å². The number of rotatable bonds is 15. The molecule has 5 N–H and O–H groups in total. The normalized spacial score (nSPS) is 14.7. The van der Waals surface area contributed by atoms with E-state index in [1.165, 1.54) is 12.8 Å². The molecule has 0 atom stereocenters. The molecule has 6 aromatic rings. The minimum absolute atomic E-state index is 0. The third-order valence-electron chi connectivity index (χ3n) is 11.5. The van der Waals surface area contributed by atoms with E-state index in [1.807, 2.05) is 50.3 Å². The highest BCUT2D eigenvalue weighted by Crippen LogP contribution is 2.30. The van der Waals surface area contributed by atoms with E-state index in [2.05, 4.69) is 40.2 Å². The first-order valence-corrected chi connectivity index (χ1v) is 25.2. The molecule has 3 heterocycles. The zero-order valence-electron chi connectivity index (χ0n) is 37.1.